The maximum atomic E-state index is 4.26. The van der Waals surface area contributed by atoms with E-state index in [-0.39, 0.29) is 0 Å². The van der Waals surface area contributed by atoms with Crippen molar-refractivity contribution < 1.29 is 0 Å². The van der Waals surface area contributed by atoms with Crippen LogP contribution in [0.1, 0.15) is 12.6 Å². The van der Waals surface area contributed by atoms with E-state index in [4.69, 9.17) is 0 Å². The minimum absolute atomic E-state index is 0.645. The van der Waals surface area contributed by atoms with Gasteiger partial charge in [0.2, 0.25) is 0 Å². The summed E-state index contributed by atoms with van der Waals surface area (Å²) < 4.78 is 0. The Balaban J connectivity index is 2.29. The van der Waals surface area contributed by atoms with Gasteiger partial charge in [0, 0.05) is 18.5 Å². The fourth-order valence-corrected chi connectivity index (χ4v) is 1.91. The Morgan fingerprint density at radius 1 is 1.69 bits per heavy atom. The molecule has 0 spiro atoms. The Morgan fingerprint density at radius 3 is 3.00 bits per heavy atom. The highest BCUT2D eigenvalue weighted by Crippen LogP contribution is 2.06. The number of thiol groups is 1. The maximum Gasteiger partial charge on any atom is 0.0795 e. The molecule has 0 fully saturated rings. The summed E-state index contributed by atoms with van der Waals surface area (Å²) in [6.07, 6.45) is 0. The third-order valence-electron chi connectivity index (χ3n) is 1.85. The van der Waals surface area contributed by atoms with Crippen LogP contribution in [0.2, 0.25) is 0 Å². The first-order valence-corrected chi connectivity index (χ1v) is 5.96. The Bertz CT molecular complexity index is 224. The second-order valence-electron chi connectivity index (χ2n) is 3.46. The summed E-state index contributed by atoms with van der Waals surface area (Å²) in [5.41, 5.74) is 3.05. The van der Waals surface area contributed by atoms with Gasteiger partial charge in [-0.25, -0.2) is 4.98 Å². The zero-order valence-electron chi connectivity index (χ0n) is 8.10. The number of hydrogen-bond donors (Lipinski definition) is 1. The minimum atomic E-state index is 0.645. The fraction of sp³-hybridized carbons (Fsp3) is 0.667. The van der Waals surface area contributed by atoms with Crippen LogP contribution in [0.3, 0.4) is 0 Å². The van der Waals surface area contributed by atoms with E-state index >= 15 is 0 Å². The molecule has 0 saturated carbocycles. The lowest BCUT2D eigenvalue weighted by molar-refractivity contribution is 0.288. The van der Waals surface area contributed by atoms with E-state index in [0.717, 1.165) is 18.8 Å². The van der Waals surface area contributed by atoms with Crippen LogP contribution in [0.4, 0.5) is 0 Å². The summed E-state index contributed by atoms with van der Waals surface area (Å²) in [5, 5.41) is 2.10. The van der Waals surface area contributed by atoms with Crippen molar-refractivity contribution in [3.63, 3.8) is 0 Å². The Labute approximate surface area is 89.4 Å². The molecule has 1 aromatic rings. The summed E-state index contributed by atoms with van der Waals surface area (Å²) in [5.74, 6) is 1.59. The number of aromatic nitrogens is 1. The molecule has 0 bridgehead atoms. The van der Waals surface area contributed by atoms with Crippen molar-refractivity contribution in [3.8, 4) is 0 Å². The molecule has 0 aliphatic rings. The van der Waals surface area contributed by atoms with Gasteiger partial charge < -0.3 is 4.90 Å². The Morgan fingerprint density at radius 2 is 2.46 bits per heavy atom. The van der Waals surface area contributed by atoms with Crippen LogP contribution in [-0.2, 0) is 6.54 Å². The molecule has 0 aromatic carbocycles. The summed E-state index contributed by atoms with van der Waals surface area (Å²) in [6.45, 7) is 4.24. The molecule has 0 saturated heterocycles. The topological polar surface area (TPSA) is 16.1 Å². The molecule has 4 heteroatoms. The smallest absolute Gasteiger partial charge is 0.0795 e. The van der Waals surface area contributed by atoms with Crippen molar-refractivity contribution in [2.75, 3.05) is 19.3 Å². The average molecular weight is 216 g/mol. The molecule has 1 rings (SSSR count). The van der Waals surface area contributed by atoms with Crippen LogP contribution in [0.15, 0.2) is 10.9 Å². The molecule has 1 aromatic heterocycles. The van der Waals surface area contributed by atoms with E-state index in [9.17, 15) is 0 Å². The number of thiazole rings is 1. The van der Waals surface area contributed by atoms with Gasteiger partial charge in [-0.15, -0.1) is 11.3 Å². The largest absolute Gasteiger partial charge is 0.300 e. The van der Waals surface area contributed by atoms with Crippen molar-refractivity contribution in [2.45, 2.75) is 13.5 Å². The standard InChI is InChI=1S/C9H16N2S2/c1-8(5-12)3-11(2)4-9-6-13-7-10-9/h6-8,12H,3-5H2,1-2H3. The fourth-order valence-electron chi connectivity index (χ4n) is 1.25. The second-order valence-corrected chi connectivity index (χ2v) is 4.55. The number of nitrogens with zero attached hydrogens (tertiary/aromatic N) is 2. The predicted molar refractivity (Wildman–Crippen MR) is 61.5 cm³/mol. The van der Waals surface area contributed by atoms with E-state index in [1.165, 1.54) is 5.69 Å². The lowest BCUT2D eigenvalue weighted by atomic mass is 10.2. The molecule has 0 aliphatic heterocycles. The SMILES string of the molecule is CC(CS)CN(C)Cc1cscn1. The quantitative estimate of drug-likeness (QED) is 0.759. The highest BCUT2D eigenvalue weighted by Gasteiger charge is 2.05. The predicted octanol–water partition coefficient (Wildman–Crippen LogP) is 2.14. The Kier molecular flexibility index (Phi) is 4.77. The van der Waals surface area contributed by atoms with Crippen molar-refractivity contribution in [2.24, 2.45) is 5.92 Å². The first kappa shape index (κ1) is 11.0. The van der Waals surface area contributed by atoms with E-state index in [2.05, 4.69) is 41.9 Å². The molecule has 0 amide bonds. The first-order valence-electron chi connectivity index (χ1n) is 4.39. The zero-order valence-corrected chi connectivity index (χ0v) is 9.81. The van der Waals surface area contributed by atoms with Gasteiger partial charge >= 0.3 is 0 Å². The summed E-state index contributed by atoms with van der Waals surface area (Å²) in [6, 6.07) is 0. The van der Waals surface area contributed by atoms with E-state index < -0.39 is 0 Å². The Hall–Kier alpha value is -0.0600. The molecule has 0 radical (unpaired) electrons. The van der Waals surface area contributed by atoms with E-state index in [0.29, 0.717) is 5.92 Å². The molecule has 13 heavy (non-hydrogen) atoms. The normalized spacial score (nSPS) is 13.5. The number of hydrogen-bond acceptors (Lipinski definition) is 4. The monoisotopic (exact) mass is 216 g/mol. The van der Waals surface area contributed by atoms with Crippen molar-refractivity contribution >= 4 is 24.0 Å². The van der Waals surface area contributed by atoms with Crippen molar-refractivity contribution in [1.82, 2.24) is 9.88 Å². The van der Waals surface area contributed by atoms with Gasteiger partial charge in [0.15, 0.2) is 0 Å². The van der Waals surface area contributed by atoms with Crippen LogP contribution in [-0.4, -0.2) is 29.2 Å². The van der Waals surface area contributed by atoms with Crippen LogP contribution in [0.25, 0.3) is 0 Å². The zero-order chi connectivity index (χ0) is 9.68. The van der Waals surface area contributed by atoms with Gasteiger partial charge in [0.1, 0.15) is 0 Å². The summed E-state index contributed by atoms with van der Waals surface area (Å²) >= 11 is 5.92. The molecule has 1 heterocycles. The third kappa shape index (κ3) is 4.11. The molecule has 0 N–H and O–H groups in total. The second kappa shape index (κ2) is 5.62. The van der Waals surface area contributed by atoms with Crippen molar-refractivity contribution in [1.29, 1.82) is 0 Å². The highest BCUT2D eigenvalue weighted by atomic mass is 32.1. The van der Waals surface area contributed by atoms with Gasteiger partial charge in [-0.2, -0.15) is 12.6 Å². The van der Waals surface area contributed by atoms with E-state index in [1.54, 1.807) is 11.3 Å². The maximum absolute atomic E-state index is 4.26. The third-order valence-corrected chi connectivity index (χ3v) is 3.11. The van der Waals surface area contributed by atoms with Crippen LogP contribution in [0, 0.1) is 5.92 Å². The molecule has 2 nitrogen and oxygen atoms in total. The van der Waals surface area contributed by atoms with Gasteiger partial charge in [-0.3, -0.25) is 0 Å². The molecular weight excluding hydrogens is 200 g/mol. The summed E-state index contributed by atoms with van der Waals surface area (Å²) in [4.78, 5) is 6.53. The van der Waals surface area contributed by atoms with Gasteiger partial charge in [-0.05, 0) is 18.7 Å². The van der Waals surface area contributed by atoms with Gasteiger partial charge in [0.05, 0.1) is 11.2 Å². The highest BCUT2D eigenvalue weighted by molar-refractivity contribution is 7.80. The first-order chi connectivity index (χ1) is 6.22. The van der Waals surface area contributed by atoms with Crippen molar-refractivity contribution in [3.05, 3.63) is 16.6 Å². The summed E-state index contributed by atoms with van der Waals surface area (Å²) in [7, 11) is 2.12. The molecule has 1 unspecified atom stereocenters. The molecule has 0 aliphatic carbocycles. The molecule has 1 atom stereocenters. The average Bonchev–Trinajstić information content (AvgIpc) is 2.56. The minimum Gasteiger partial charge on any atom is -0.300 e. The molecular formula is C9H16N2S2. The van der Waals surface area contributed by atoms with Crippen LogP contribution >= 0.6 is 24.0 Å². The van der Waals surface area contributed by atoms with Crippen LogP contribution < -0.4 is 0 Å². The lowest BCUT2D eigenvalue weighted by Gasteiger charge is -2.18. The van der Waals surface area contributed by atoms with Gasteiger partial charge in [0.25, 0.3) is 0 Å². The number of rotatable bonds is 5. The lowest BCUT2D eigenvalue weighted by Crippen LogP contribution is -2.24. The van der Waals surface area contributed by atoms with E-state index in [1.807, 2.05) is 5.51 Å². The molecule has 74 valence electrons. The van der Waals surface area contributed by atoms with Gasteiger partial charge in [-0.1, -0.05) is 6.92 Å². The van der Waals surface area contributed by atoms with Crippen LogP contribution in [0.5, 0.6) is 0 Å².